The van der Waals surface area contributed by atoms with Gasteiger partial charge in [-0.2, -0.15) is 9.89 Å². The molecule has 5 nitrogen and oxygen atoms in total. The van der Waals surface area contributed by atoms with E-state index in [1.807, 2.05) is 20.8 Å². The maximum Gasteiger partial charge on any atom is 0.228 e. The minimum Gasteiger partial charge on any atom is -0.321 e. The number of nitrogens with one attached hydrogen (secondary N) is 1. The molecule has 0 aliphatic carbocycles. The van der Waals surface area contributed by atoms with Crippen LogP contribution in [0.15, 0.2) is 0 Å². The maximum absolute atomic E-state index is 11.6. The molecular weight excluding hydrogens is 240 g/mol. The molecular formula is C11H19ClN4O. The van der Waals surface area contributed by atoms with Crippen molar-refractivity contribution in [1.82, 2.24) is 9.89 Å². The van der Waals surface area contributed by atoms with E-state index in [1.165, 1.54) is 0 Å². The summed E-state index contributed by atoms with van der Waals surface area (Å²) in [6, 6.07) is 0. The Bertz CT molecular complexity index is 431. The highest BCUT2D eigenvalue weighted by Gasteiger charge is 2.26. The predicted octanol–water partition coefficient (Wildman–Crippen LogP) is 2.14. The maximum atomic E-state index is 11.6. The van der Waals surface area contributed by atoms with Gasteiger partial charge in [-0.05, 0) is 0 Å². The Hall–Kier alpha value is -1.23. The van der Waals surface area contributed by atoms with Crippen LogP contribution in [0.25, 0.3) is 0 Å². The second-order valence-electron chi connectivity index (χ2n) is 5.35. The van der Waals surface area contributed by atoms with Gasteiger partial charge in [0.15, 0.2) is 5.82 Å². The molecule has 6 heteroatoms. The van der Waals surface area contributed by atoms with E-state index >= 15 is 0 Å². The summed E-state index contributed by atoms with van der Waals surface area (Å²) in [5.41, 5.74) is 0.444. The predicted molar refractivity (Wildman–Crippen MR) is 69.6 cm³/mol. The molecule has 96 valence electrons. The first-order chi connectivity index (χ1) is 7.64. The molecule has 0 saturated heterocycles. The number of anilines is 1. The Kier molecular flexibility index (Phi) is 3.71. The number of nitrogen functional groups attached to an aromatic ring is 1. The molecule has 1 aromatic heterocycles. The number of carbonyl (C=O) groups is 1. The van der Waals surface area contributed by atoms with Gasteiger partial charge in [-0.3, -0.25) is 4.79 Å². The van der Waals surface area contributed by atoms with Crippen LogP contribution >= 0.6 is 11.6 Å². The number of nitrogens with zero attached hydrogens (tertiary/aromatic N) is 2. The zero-order chi connectivity index (χ0) is 13.4. The summed E-state index contributed by atoms with van der Waals surface area (Å²) in [7, 11) is 0. The summed E-state index contributed by atoms with van der Waals surface area (Å²) in [4.78, 5) is 12.7. The minimum absolute atomic E-state index is 0.140. The molecule has 1 amide bonds. The lowest BCUT2D eigenvalue weighted by molar-refractivity contribution is -0.118. The first-order valence-corrected chi connectivity index (χ1v) is 5.87. The zero-order valence-corrected chi connectivity index (χ0v) is 11.6. The van der Waals surface area contributed by atoms with Crippen molar-refractivity contribution in [3.05, 3.63) is 10.7 Å². The van der Waals surface area contributed by atoms with E-state index < -0.39 is 0 Å². The topological polar surface area (TPSA) is 72.9 Å². The van der Waals surface area contributed by atoms with E-state index in [4.69, 9.17) is 17.4 Å². The van der Waals surface area contributed by atoms with Gasteiger partial charge in [-0.1, -0.05) is 46.2 Å². The normalized spacial score (nSPS) is 11.9. The van der Waals surface area contributed by atoms with Crippen LogP contribution in [0.4, 0.5) is 5.82 Å². The number of halogens is 1. The van der Waals surface area contributed by atoms with E-state index in [0.29, 0.717) is 16.5 Å². The lowest BCUT2D eigenvalue weighted by atomic mass is 9.92. The Balaban J connectivity index is 3.11. The van der Waals surface area contributed by atoms with Gasteiger partial charge >= 0.3 is 0 Å². The Morgan fingerprint density at radius 2 is 2.00 bits per heavy atom. The first kappa shape index (κ1) is 13.8. The third kappa shape index (κ3) is 2.91. The van der Waals surface area contributed by atoms with Crippen LogP contribution in [0.5, 0.6) is 0 Å². The highest BCUT2D eigenvalue weighted by molar-refractivity contribution is 6.34. The fourth-order valence-corrected chi connectivity index (χ4v) is 1.72. The van der Waals surface area contributed by atoms with Crippen molar-refractivity contribution in [1.29, 1.82) is 0 Å². The summed E-state index contributed by atoms with van der Waals surface area (Å²) in [6.07, 6.45) is 0. The Labute approximate surface area is 106 Å². The molecule has 1 aromatic rings. The fourth-order valence-electron chi connectivity index (χ4n) is 1.27. The molecule has 1 rings (SSSR count). The van der Waals surface area contributed by atoms with Crippen molar-refractivity contribution in [2.24, 2.45) is 5.92 Å². The lowest BCUT2D eigenvalue weighted by Crippen LogP contribution is -2.23. The third-order valence-electron chi connectivity index (χ3n) is 2.33. The molecule has 0 bridgehead atoms. The quantitative estimate of drug-likeness (QED) is 0.799. The Morgan fingerprint density at radius 3 is 2.35 bits per heavy atom. The van der Waals surface area contributed by atoms with Crippen molar-refractivity contribution < 1.29 is 4.79 Å². The summed E-state index contributed by atoms with van der Waals surface area (Å²) in [5.74, 6) is 5.76. The van der Waals surface area contributed by atoms with Gasteiger partial charge in [0.2, 0.25) is 5.91 Å². The van der Waals surface area contributed by atoms with Crippen LogP contribution in [0.2, 0.25) is 5.02 Å². The molecule has 3 N–H and O–H groups in total. The zero-order valence-electron chi connectivity index (χ0n) is 10.8. The summed E-state index contributed by atoms with van der Waals surface area (Å²) in [6.45, 7) is 9.54. The summed E-state index contributed by atoms with van der Waals surface area (Å²) in [5, 5.41) is 7.21. The fraction of sp³-hybridized carbons (Fsp3) is 0.636. The lowest BCUT2D eigenvalue weighted by Gasteiger charge is -2.15. The van der Waals surface area contributed by atoms with Crippen LogP contribution < -0.4 is 11.2 Å². The third-order valence-corrected chi connectivity index (χ3v) is 2.69. The largest absolute Gasteiger partial charge is 0.321 e. The van der Waals surface area contributed by atoms with Gasteiger partial charge in [0.25, 0.3) is 0 Å². The molecule has 1 heterocycles. The highest BCUT2D eigenvalue weighted by atomic mass is 35.5. The average molecular weight is 259 g/mol. The molecule has 0 radical (unpaired) electrons. The first-order valence-electron chi connectivity index (χ1n) is 5.49. The van der Waals surface area contributed by atoms with Crippen molar-refractivity contribution in [3.63, 3.8) is 0 Å². The van der Waals surface area contributed by atoms with Crippen LogP contribution in [-0.4, -0.2) is 15.8 Å². The van der Waals surface area contributed by atoms with Gasteiger partial charge < -0.3 is 11.2 Å². The van der Waals surface area contributed by atoms with Gasteiger partial charge in [-0.25, -0.2) is 0 Å². The molecule has 0 fully saturated rings. The second-order valence-corrected chi connectivity index (χ2v) is 5.73. The standard InChI is InChI=1S/C11H19ClN4O/c1-6(2)10(17)14-9-7(12)8(11(3,4)5)15-16(9)13/h6H,13H2,1-5H3,(H,14,17). The number of nitrogens with two attached hydrogens (primary N) is 1. The highest BCUT2D eigenvalue weighted by Crippen LogP contribution is 2.33. The van der Waals surface area contributed by atoms with E-state index in [2.05, 4.69) is 10.4 Å². The minimum atomic E-state index is -0.223. The van der Waals surface area contributed by atoms with E-state index in [0.717, 1.165) is 4.79 Å². The number of aromatic nitrogens is 2. The van der Waals surface area contributed by atoms with E-state index in [1.54, 1.807) is 13.8 Å². The number of amides is 1. The molecule has 0 aliphatic heterocycles. The van der Waals surface area contributed by atoms with Gasteiger partial charge in [0, 0.05) is 11.3 Å². The van der Waals surface area contributed by atoms with Crippen molar-refractivity contribution in [3.8, 4) is 0 Å². The molecule has 0 spiro atoms. The number of carbonyl (C=O) groups excluding carboxylic acids is 1. The van der Waals surface area contributed by atoms with Crippen LogP contribution in [-0.2, 0) is 10.2 Å². The molecule has 0 aliphatic rings. The van der Waals surface area contributed by atoms with Crippen molar-refractivity contribution >= 4 is 23.3 Å². The molecule has 17 heavy (non-hydrogen) atoms. The molecule has 0 unspecified atom stereocenters. The van der Waals surface area contributed by atoms with E-state index in [9.17, 15) is 4.79 Å². The smallest absolute Gasteiger partial charge is 0.228 e. The monoisotopic (exact) mass is 258 g/mol. The number of hydrogen-bond donors (Lipinski definition) is 2. The van der Waals surface area contributed by atoms with Gasteiger partial charge in [-0.15, -0.1) is 0 Å². The van der Waals surface area contributed by atoms with E-state index in [-0.39, 0.29) is 17.2 Å². The summed E-state index contributed by atoms with van der Waals surface area (Å²) >= 11 is 6.18. The molecule has 0 aromatic carbocycles. The van der Waals surface area contributed by atoms with Crippen LogP contribution in [0.3, 0.4) is 0 Å². The van der Waals surface area contributed by atoms with Gasteiger partial charge in [0.1, 0.15) is 5.02 Å². The van der Waals surface area contributed by atoms with Gasteiger partial charge in [0.05, 0.1) is 5.69 Å². The number of rotatable bonds is 2. The van der Waals surface area contributed by atoms with Crippen LogP contribution in [0.1, 0.15) is 40.3 Å². The molecule has 0 saturated carbocycles. The second kappa shape index (κ2) is 4.56. The van der Waals surface area contributed by atoms with Crippen LogP contribution in [0, 0.1) is 5.92 Å². The molecule has 0 atom stereocenters. The SMILES string of the molecule is CC(C)C(=O)Nc1c(Cl)c(C(C)(C)C)nn1N. The number of hydrogen-bond acceptors (Lipinski definition) is 3. The Morgan fingerprint density at radius 1 is 1.47 bits per heavy atom. The van der Waals surface area contributed by atoms with Crippen molar-refractivity contribution in [2.75, 3.05) is 11.2 Å². The summed E-state index contributed by atoms with van der Waals surface area (Å²) < 4.78 is 0. The average Bonchev–Trinajstić information content (AvgIpc) is 2.44. The van der Waals surface area contributed by atoms with Crippen molar-refractivity contribution in [2.45, 2.75) is 40.0 Å².